The van der Waals surface area contributed by atoms with Gasteiger partial charge in [0.15, 0.2) is 0 Å². The molecule has 36 heavy (non-hydrogen) atoms. The summed E-state index contributed by atoms with van der Waals surface area (Å²) in [5, 5.41) is 0. The summed E-state index contributed by atoms with van der Waals surface area (Å²) in [6.45, 7) is 12.5. The molecule has 0 N–H and O–H groups in total. The number of unbranched alkanes of at least 4 members (excludes halogenated alkanes) is 2. The van der Waals surface area contributed by atoms with Crippen LogP contribution in [0, 0.1) is 0 Å². The zero-order valence-corrected chi connectivity index (χ0v) is 23.8. The summed E-state index contributed by atoms with van der Waals surface area (Å²) in [7, 11) is 6.28. The third-order valence-electron chi connectivity index (χ3n) is 8.21. The van der Waals surface area contributed by atoms with Gasteiger partial charge < -0.3 is 47.4 Å². The van der Waals surface area contributed by atoms with Crippen molar-refractivity contribution in [2.24, 2.45) is 0 Å². The minimum absolute atomic E-state index is 0.526. The molecule has 2 aliphatic heterocycles. The number of methoxy groups -OCH3 is 4. The summed E-state index contributed by atoms with van der Waals surface area (Å²) < 4.78 is 62.8. The quantitative estimate of drug-likeness (QED) is 0.357. The molecule has 10 atom stereocenters. The predicted molar refractivity (Wildman–Crippen MR) is 130 cm³/mol. The van der Waals surface area contributed by atoms with E-state index in [1.54, 1.807) is 56.1 Å². The van der Waals surface area contributed by atoms with Crippen LogP contribution in [0.3, 0.4) is 0 Å². The van der Waals surface area contributed by atoms with Crippen molar-refractivity contribution < 1.29 is 47.4 Å². The van der Waals surface area contributed by atoms with Gasteiger partial charge in [0, 0.05) is 41.7 Å². The topological polar surface area (TPSA) is 92.3 Å². The van der Waals surface area contributed by atoms with Crippen LogP contribution in [0.15, 0.2) is 0 Å². The van der Waals surface area contributed by atoms with Gasteiger partial charge in [-0.2, -0.15) is 0 Å². The Morgan fingerprint density at radius 3 is 0.944 bits per heavy atom. The molecule has 0 unspecified atom stereocenters. The zero-order valence-electron chi connectivity index (χ0n) is 23.8. The summed E-state index contributed by atoms with van der Waals surface area (Å²) in [5.41, 5.74) is 0. The molecule has 1 saturated carbocycles. The van der Waals surface area contributed by atoms with Crippen LogP contribution >= 0.6 is 0 Å². The second-order valence-electron chi connectivity index (χ2n) is 10.3. The second-order valence-corrected chi connectivity index (χ2v) is 10.3. The number of fused-ring (bicyclic) bond motifs is 2. The van der Waals surface area contributed by atoms with Gasteiger partial charge in [0.25, 0.3) is 0 Å². The molecule has 1 aliphatic carbocycles. The highest BCUT2D eigenvalue weighted by molar-refractivity contribution is 5.10. The molecule has 3 fully saturated rings. The first kappa shape index (κ1) is 30.1. The summed E-state index contributed by atoms with van der Waals surface area (Å²) in [4.78, 5) is 0. The molecule has 0 aromatic carbocycles. The third kappa shape index (κ3) is 5.11. The van der Waals surface area contributed by atoms with Gasteiger partial charge in [-0.15, -0.1) is 0 Å². The van der Waals surface area contributed by atoms with E-state index >= 15 is 0 Å². The van der Waals surface area contributed by atoms with Gasteiger partial charge >= 0.3 is 0 Å². The van der Waals surface area contributed by atoms with Crippen molar-refractivity contribution in [1.29, 1.82) is 0 Å². The SMILES string of the molecule is CCCCO[C@@H]1[C@H]2O[C@](C)(OC)[C@@](C)(OC)O[C@@H]2[C@H](OCCCC)[C@@H]2O[C@@](C)(OC)[C@](C)(OC)O[C@@H]12. The second kappa shape index (κ2) is 11.8. The molecule has 0 aromatic heterocycles. The summed E-state index contributed by atoms with van der Waals surface area (Å²) >= 11 is 0. The van der Waals surface area contributed by atoms with E-state index in [0.717, 1.165) is 25.7 Å². The largest absolute Gasteiger partial charge is 0.373 e. The average molecular weight is 521 g/mol. The van der Waals surface area contributed by atoms with Crippen LogP contribution in [0.25, 0.3) is 0 Å². The zero-order chi connectivity index (χ0) is 26.8. The Morgan fingerprint density at radius 2 is 0.750 bits per heavy atom. The summed E-state index contributed by atoms with van der Waals surface area (Å²) in [5.74, 6) is -4.84. The highest BCUT2D eigenvalue weighted by atomic mass is 16.8. The van der Waals surface area contributed by atoms with Gasteiger partial charge in [-0.05, 0) is 40.5 Å². The maximum Gasteiger partial charge on any atom is 0.220 e. The van der Waals surface area contributed by atoms with Gasteiger partial charge in [-0.1, -0.05) is 26.7 Å². The molecule has 0 radical (unpaired) electrons. The van der Waals surface area contributed by atoms with Crippen LogP contribution in [0.5, 0.6) is 0 Å². The Balaban J connectivity index is 2.08. The van der Waals surface area contributed by atoms with Crippen LogP contribution in [-0.4, -0.2) is 101 Å². The van der Waals surface area contributed by atoms with Crippen LogP contribution in [0.1, 0.15) is 67.2 Å². The molecule has 2 heterocycles. The first-order valence-corrected chi connectivity index (χ1v) is 13.2. The van der Waals surface area contributed by atoms with E-state index in [-0.39, 0.29) is 0 Å². The van der Waals surface area contributed by atoms with Crippen LogP contribution in [0.2, 0.25) is 0 Å². The molecule has 0 aromatic rings. The summed E-state index contributed by atoms with van der Waals surface area (Å²) in [6.07, 6.45) is 0.311. The minimum atomic E-state index is -1.21. The fourth-order valence-electron chi connectivity index (χ4n) is 5.17. The lowest BCUT2D eigenvalue weighted by Crippen LogP contribution is -2.79. The van der Waals surface area contributed by atoms with Crippen molar-refractivity contribution in [2.45, 2.75) is 127 Å². The lowest BCUT2D eigenvalue weighted by Gasteiger charge is -2.62. The molecule has 2 saturated heterocycles. The highest BCUT2D eigenvalue weighted by Gasteiger charge is 2.69. The smallest absolute Gasteiger partial charge is 0.220 e. The first-order valence-electron chi connectivity index (χ1n) is 13.2. The predicted octanol–water partition coefficient (Wildman–Crippen LogP) is 3.39. The average Bonchev–Trinajstić information content (AvgIpc) is 2.87. The third-order valence-corrected chi connectivity index (χ3v) is 8.21. The van der Waals surface area contributed by atoms with Crippen LogP contribution in [0.4, 0.5) is 0 Å². The molecule has 3 rings (SSSR count). The van der Waals surface area contributed by atoms with Crippen molar-refractivity contribution in [3.8, 4) is 0 Å². The molecule has 10 heteroatoms. The molecule has 0 bridgehead atoms. The van der Waals surface area contributed by atoms with Crippen LogP contribution < -0.4 is 0 Å². The van der Waals surface area contributed by atoms with E-state index in [1.165, 1.54) is 0 Å². The fraction of sp³-hybridized carbons (Fsp3) is 1.00. The molecule has 3 aliphatic rings. The van der Waals surface area contributed by atoms with Gasteiger partial charge in [0.05, 0.1) is 0 Å². The van der Waals surface area contributed by atoms with Crippen molar-refractivity contribution >= 4 is 0 Å². The normalized spacial score (nSPS) is 46.8. The van der Waals surface area contributed by atoms with Crippen molar-refractivity contribution in [1.82, 2.24) is 0 Å². The maximum absolute atomic E-state index is 6.66. The van der Waals surface area contributed by atoms with E-state index < -0.39 is 59.8 Å². The molecule has 0 amide bonds. The molecular formula is C26H48O10. The maximum atomic E-state index is 6.66. The van der Waals surface area contributed by atoms with Crippen molar-refractivity contribution in [3.05, 3.63) is 0 Å². The number of rotatable bonds is 12. The van der Waals surface area contributed by atoms with E-state index in [9.17, 15) is 0 Å². The van der Waals surface area contributed by atoms with E-state index in [2.05, 4.69) is 13.8 Å². The minimum Gasteiger partial charge on any atom is -0.373 e. The Labute approximate surface area is 216 Å². The fourth-order valence-corrected chi connectivity index (χ4v) is 5.17. The van der Waals surface area contributed by atoms with Gasteiger partial charge in [-0.3, -0.25) is 0 Å². The Hall–Kier alpha value is -0.400. The Bertz CT molecular complexity index is 604. The number of hydrogen-bond acceptors (Lipinski definition) is 10. The molecule has 10 nitrogen and oxygen atoms in total. The van der Waals surface area contributed by atoms with E-state index in [4.69, 9.17) is 47.4 Å². The molecule has 212 valence electrons. The standard InChI is InChI=1S/C26H48O10/c1-11-13-15-31-17-19-21(35-25(5,29-9)23(3,27-7)33-19)18(32-16-14-12-2)22-20(17)34-24(4,28-8)26(6,30-10)36-22/h17-22H,11-16H2,1-10H3/t17-,18+,19-,20+,21-,22+,23+,24-,25+,26-. The van der Waals surface area contributed by atoms with Crippen molar-refractivity contribution in [2.75, 3.05) is 41.7 Å². The van der Waals surface area contributed by atoms with Gasteiger partial charge in [0.1, 0.15) is 36.6 Å². The van der Waals surface area contributed by atoms with Gasteiger partial charge in [0.2, 0.25) is 23.1 Å². The number of ether oxygens (including phenoxy) is 10. The summed E-state index contributed by atoms with van der Waals surface area (Å²) in [6, 6.07) is 0. The van der Waals surface area contributed by atoms with Gasteiger partial charge in [-0.25, -0.2) is 0 Å². The van der Waals surface area contributed by atoms with Crippen LogP contribution in [-0.2, 0) is 47.4 Å². The highest BCUT2D eigenvalue weighted by Crippen LogP contribution is 2.50. The first-order chi connectivity index (χ1) is 17.0. The lowest BCUT2D eigenvalue weighted by atomic mass is 9.80. The van der Waals surface area contributed by atoms with Crippen molar-refractivity contribution in [3.63, 3.8) is 0 Å². The van der Waals surface area contributed by atoms with E-state index in [1.807, 2.05) is 0 Å². The Morgan fingerprint density at radius 1 is 0.500 bits per heavy atom. The van der Waals surface area contributed by atoms with E-state index in [0.29, 0.717) is 13.2 Å². The Kier molecular flexibility index (Phi) is 9.86. The monoisotopic (exact) mass is 520 g/mol. The molecule has 0 spiro atoms. The lowest BCUT2D eigenvalue weighted by molar-refractivity contribution is -0.506. The number of hydrogen-bond donors (Lipinski definition) is 0. The molecular weight excluding hydrogens is 472 g/mol.